The lowest BCUT2D eigenvalue weighted by Gasteiger charge is -2.30. The van der Waals surface area contributed by atoms with E-state index in [4.69, 9.17) is 0 Å². The summed E-state index contributed by atoms with van der Waals surface area (Å²) in [5.41, 5.74) is 5.93. The lowest BCUT2D eigenvalue weighted by atomic mass is 9.98. The van der Waals surface area contributed by atoms with Crippen LogP contribution in [0.2, 0.25) is 0 Å². The molecule has 1 fully saturated rings. The Hall–Kier alpha value is -3.36. The van der Waals surface area contributed by atoms with Crippen LogP contribution in [0.4, 0.5) is 4.79 Å². The molecule has 0 bridgehead atoms. The molecule has 1 aliphatic carbocycles. The van der Waals surface area contributed by atoms with Crippen molar-refractivity contribution in [2.75, 3.05) is 33.4 Å². The standard InChI is InChI=1S/C16H18.C13H17N3O3S.C3H8O/c1-3-14-9-11-15(12-10-14)16-8-6-4-5-7-13(16)2;1-9(18)11-8-20-12(15-11)10-2-5-16(6-3-10)13(19)14-4-7-17;1-3-4-2/h5-12H,3-4H2,1-2H3;7-8,10H,2-6H2,1H3,(H,14,19);3H2,1-2H3. The molecule has 2 aliphatic rings. The zero-order valence-electron chi connectivity index (χ0n) is 24.4. The van der Waals surface area contributed by atoms with Crippen molar-refractivity contribution in [3.63, 3.8) is 0 Å². The predicted molar refractivity (Wildman–Crippen MR) is 164 cm³/mol. The van der Waals surface area contributed by atoms with Crippen molar-refractivity contribution in [3.05, 3.63) is 81.4 Å². The molecule has 1 aliphatic heterocycles. The van der Waals surface area contributed by atoms with E-state index < -0.39 is 0 Å². The van der Waals surface area contributed by atoms with Crippen molar-refractivity contribution in [2.45, 2.75) is 59.3 Å². The highest BCUT2D eigenvalue weighted by Gasteiger charge is 2.25. The largest absolute Gasteiger partial charge is 0.385 e. The topological polar surface area (TPSA) is 88.6 Å². The summed E-state index contributed by atoms with van der Waals surface area (Å²) in [4.78, 5) is 39.2. The lowest BCUT2D eigenvalue weighted by Crippen LogP contribution is -2.44. The van der Waals surface area contributed by atoms with Crippen LogP contribution in [-0.4, -0.2) is 61.3 Å². The minimum atomic E-state index is -0.195. The van der Waals surface area contributed by atoms with Gasteiger partial charge in [0, 0.05) is 45.0 Å². The quantitative estimate of drug-likeness (QED) is 0.301. The number of ether oxygens (including phenoxy) is 1. The number of amides is 2. The van der Waals surface area contributed by atoms with Gasteiger partial charge in [-0.1, -0.05) is 55.5 Å². The van der Waals surface area contributed by atoms with Crippen LogP contribution >= 0.6 is 11.3 Å². The maximum absolute atomic E-state index is 11.7. The Morgan fingerprint density at radius 2 is 1.77 bits per heavy atom. The molecule has 1 aromatic heterocycles. The fourth-order valence-corrected chi connectivity index (χ4v) is 5.21. The van der Waals surface area contributed by atoms with Gasteiger partial charge in [-0.3, -0.25) is 4.79 Å². The van der Waals surface area contributed by atoms with Gasteiger partial charge in [0.2, 0.25) is 0 Å². The van der Waals surface area contributed by atoms with E-state index in [-0.39, 0.29) is 18.4 Å². The average Bonchev–Trinajstić information content (AvgIpc) is 3.39. The molecule has 2 aromatic rings. The van der Waals surface area contributed by atoms with Crippen molar-refractivity contribution >= 4 is 35.0 Å². The van der Waals surface area contributed by atoms with Gasteiger partial charge in [-0.25, -0.2) is 9.78 Å². The normalized spacial score (nSPS) is 14.9. The number of aromatic nitrogens is 1. The second-order valence-electron chi connectivity index (χ2n) is 9.51. The Bertz CT molecular complexity index is 1170. The molecule has 1 N–H and O–H groups in total. The van der Waals surface area contributed by atoms with E-state index in [2.05, 4.69) is 77.5 Å². The van der Waals surface area contributed by atoms with Crippen LogP contribution in [0, 0.1) is 0 Å². The number of urea groups is 1. The highest BCUT2D eigenvalue weighted by atomic mass is 32.1. The number of benzene rings is 1. The van der Waals surface area contributed by atoms with Crippen LogP contribution in [0.15, 0.2) is 59.5 Å². The van der Waals surface area contributed by atoms with Crippen LogP contribution in [-0.2, 0) is 16.0 Å². The predicted octanol–water partition coefficient (Wildman–Crippen LogP) is 6.62. The second-order valence-corrected chi connectivity index (χ2v) is 10.4. The highest BCUT2D eigenvalue weighted by Crippen LogP contribution is 2.30. The van der Waals surface area contributed by atoms with E-state index >= 15 is 0 Å². The van der Waals surface area contributed by atoms with Gasteiger partial charge in [0.25, 0.3) is 0 Å². The molecule has 7 nitrogen and oxygen atoms in total. The van der Waals surface area contributed by atoms with Gasteiger partial charge in [-0.2, -0.15) is 0 Å². The number of nitrogens with zero attached hydrogens (tertiary/aromatic N) is 2. The molecule has 1 saturated heterocycles. The number of hydrogen-bond donors (Lipinski definition) is 1. The number of thiazole rings is 1. The van der Waals surface area contributed by atoms with Gasteiger partial charge >= 0.3 is 6.03 Å². The number of methoxy groups -OCH3 is 1. The van der Waals surface area contributed by atoms with E-state index in [1.807, 2.05) is 6.92 Å². The average molecular weight is 566 g/mol. The first-order valence-corrected chi connectivity index (χ1v) is 14.8. The fraction of sp³-hybridized carbons (Fsp3) is 0.438. The third-order valence-electron chi connectivity index (χ3n) is 6.66. The van der Waals surface area contributed by atoms with Gasteiger partial charge in [0.15, 0.2) is 5.78 Å². The van der Waals surface area contributed by atoms with Crippen LogP contribution in [0.25, 0.3) is 5.57 Å². The van der Waals surface area contributed by atoms with Gasteiger partial charge in [-0.05, 0) is 61.8 Å². The summed E-state index contributed by atoms with van der Waals surface area (Å²) in [6, 6.07) is 8.69. The number of carbonyl (C=O) groups excluding carboxylic acids is 3. The molecule has 8 heteroatoms. The number of aryl methyl sites for hydroxylation is 1. The molecule has 0 radical (unpaired) electrons. The second kappa shape index (κ2) is 18.1. The lowest BCUT2D eigenvalue weighted by molar-refractivity contribution is -0.107. The van der Waals surface area contributed by atoms with Crippen molar-refractivity contribution in [2.24, 2.45) is 0 Å². The summed E-state index contributed by atoms with van der Waals surface area (Å²) in [7, 11) is 1.68. The number of Topliss-reactive ketones (excluding diaryl/α,β-unsaturated/α-hetero) is 1. The Morgan fingerprint density at radius 1 is 1.12 bits per heavy atom. The van der Waals surface area contributed by atoms with Crippen molar-refractivity contribution < 1.29 is 19.1 Å². The van der Waals surface area contributed by atoms with E-state index in [1.54, 1.807) is 17.4 Å². The summed E-state index contributed by atoms with van der Waals surface area (Å²) < 4.78 is 4.54. The van der Waals surface area contributed by atoms with E-state index in [1.165, 1.54) is 40.5 Å². The molecule has 0 spiro atoms. The minimum absolute atomic E-state index is 0.0156. The fourth-order valence-electron chi connectivity index (χ4n) is 4.18. The molecule has 4 rings (SSSR count). The number of ketones is 1. The number of likely N-dealkylation sites (tertiary alicyclic amines) is 1. The van der Waals surface area contributed by atoms with E-state index in [9.17, 15) is 14.4 Å². The number of hydrogen-bond acceptors (Lipinski definition) is 6. The zero-order chi connectivity index (χ0) is 29.3. The van der Waals surface area contributed by atoms with Crippen LogP contribution in [0.5, 0.6) is 0 Å². The molecule has 2 heterocycles. The summed E-state index contributed by atoms with van der Waals surface area (Å²) >= 11 is 1.51. The van der Waals surface area contributed by atoms with E-state index in [0.717, 1.165) is 37.3 Å². The molecule has 40 heavy (non-hydrogen) atoms. The van der Waals surface area contributed by atoms with Crippen LogP contribution in [0.3, 0.4) is 0 Å². The summed E-state index contributed by atoms with van der Waals surface area (Å²) in [5, 5.41) is 5.30. The summed E-state index contributed by atoms with van der Waals surface area (Å²) in [5.74, 6) is 0.293. The molecule has 1 aromatic carbocycles. The maximum Gasteiger partial charge on any atom is 0.317 e. The number of rotatable bonds is 7. The third-order valence-corrected chi connectivity index (χ3v) is 7.67. The molecule has 0 unspecified atom stereocenters. The third kappa shape index (κ3) is 10.7. The number of nitrogens with one attached hydrogen (secondary N) is 1. The first-order chi connectivity index (χ1) is 19.3. The number of piperidine rings is 1. The molecule has 0 atom stereocenters. The van der Waals surface area contributed by atoms with Crippen LogP contribution < -0.4 is 5.32 Å². The van der Waals surface area contributed by atoms with Crippen molar-refractivity contribution in [1.82, 2.24) is 15.2 Å². The summed E-state index contributed by atoms with van der Waals surface area (Å²) in [6.45, 7) is 9.99. The summed E-state index contributed by atoms with van der Waals surface area (Å²) in [6.07, 6.45) is 13.3. The Labute approximate surface area is 243 Å². The molecule has 216 valence electrons. The monoisotopic (exact) mass is 565 g/mol. The van der Waals surface area contributed by atoms with Gasteiger partial charge in [0.1, 0.15) is 12.0 Å². The molecular weight excluding hydrogens is 522 g/mol. The van der Waals surface area contributed by atoms with Gasteiger partial charge in [0.05, 0.1) is 11.6 Å². The zero-order valence-corrected chi connectivity index (χ0v) is 25.3. The maximum atomic E-state index is 11.7. The van der Waals surface area contributed by atoms with Gasteiger partial charge < -0.3 is 19.7 Å². The molecule has 2 amide bonds. The number of allylic oxidation sites excluding steroid dienone is 6. The molecule has 0 saturated carbocycles. The van der Waals surface area contributed by atoms with Crippen molar-refractivity contribution in [3.8, 4) is 0 Å². The first kappa shape index (κ1) is 32.8. The number of aldehydes is 1. The van der Waals surface area contributed by atoms with E-state index in [0.29, 0.717) is 31.0 Å². The SMILES string of the molecule is CC(=O)c1csc(C2CCN(C(=O)NCC=O)CC2)n1.CCOC.CCc1ccc(C2=C(C)C=CCC=C2)cc1. The first-order valence-electron chi connectivity index (χ1n) is 13.9. The van der Waals surface area contributed by atoms with Gasteiger partial charge in [-0.15, -0.1) is 11.3 Å². The Kier molecular flexibility index (Phi) is 14.8. The van der Waals surface area contributed by atoms with Crippen molar-refractivity contribution in [1.29, 1.82) is 0 Å². The van der Waals surface area contributed by atoms with Crippen LogP contribution in [0.1, 0.15) is 79.5 Å². The molecular formula is C32H43N3O4S. The number of carbonyl (C=O) groups is 3. The minimum Gasteiger partial charge on any atom is -0.385 e. The Balaban J connectivity index is 0.000000252. The Morgan fingerprint density at radius 3 is 2.33 bits per heavy atom. The highest BCUT2D eigenvalue weighted by molar-refractivity contribution is 7.09. The smallest absolute Gasteiger partial charge is 0.317 e.